The summed E-state index contributed by atoms with van der Waals surface area (Å²) in [6.07, 6.45) is -4.50. The second-order valence-electron chi connectivity index (χ2n) is 5.36. The van der Waals surface area contributed by atoms with E-state index in [0.29, 0.717) is 5.69 Å². The van der Waals surface area contributed by atoms with Crippen LogP contribution in [-0.2, 0) is 17.5 Å². The standard InChI is InChI=1S/C14H17F3N4O/c1-7(2)10-5-9(14(15,16)17)12-8(3)20-21(13(12)19-10)6-11(22)18-4/h5,7H,6H2,1-4H3,(H,18,22). The van der Waals surface area contributed by atoms with Gasteiger partial charge >= 0.3 is 6.18 Å². The number of alkyl halides is 3. The predicted molar refractivity (Wildman–Crippen MR) is 75.4 cm³/mol. The third-order valence-electron chi connectivity index (χ3n) is 3.37. The van der Waals surface area contributed by atoms with Gasteiger partial charge in [0.1, 0.15) is 6.54 Å². The summed E-state index contributed by atoms with van der Waals surface area (Å²) < 4.78 is 41.2. The minimum Gasteiger partial charge on any atom is -0.358 e. The second kappa shape index (κ2) is 5.58. The molecule has 0 spiro atoms. The van der Waals surface area contributed by atoms with Gasteiger partial charge in [-0.3, -0.25) is 4.79 Å². The van der Waals surface area contributed by atoms with Crippen LogP contribution in [0.2, 0.25) is 0 Å². The zero-order valence-corrected chi connectivity index (χ0v) is 12.7. The quantitative estimate of drug-likeness (QED) is 0.947. The van der Waals surface area contributed by atoms with Crippen LogP contribution in [0.15, 0.2) is 6.07 Å². The van der Waals surface area contributed by atoms with Gasteiger partial charge in [0, 0.05) is 12.7 Å². The van der Waals surface area contributed by atoms with Gasteiger partial charge in [-0.2, -0.15) is 18.3 Å². The maximum Gasteiger partial charge on any atom is 0.417 e. The molecule has 120 valence electrons. The Bertz CT molecular complexity index is 719. The van der Waals surface area contributed by atoms with Gasteiger partial charge in [-0.05, 0) is 18.9 Å². The Labute approximate surface area is 125 Å². The third kappa shape index (κ3) is 2.90. The SMILES string of the molecule is CNC(=O)Cn1nc(C)c2c(C(F)(F)F)cc(C(C)C)nc21. The molecule has 22 heavy (non-hydrogen) atoms. The van der Waals surface area contributed by atoms with Crippen molar-refractivity contribution in [1.82, 2.24) is 20.1 Å². The van der Waals surface area contributed by atoms with Crippen molar-refractivity contribution in [2.45, 2.75) is 39.4 Å². The van der Waals surface area contributed by atoms with Gasteiger partial charge in [-0.15, -0.1) is 0 Å². The highest BCUT2D eigenvalue weighted by Gasteiger charge is 2.35. The predicted octanol–water partition coefficient (Wildman–Crippen LogP) is 2.63. The van der Waals surface area contributed by atoms with E-state index in [4.69, 9.17) is 0 Å². The molecule has 0 aliphatic heterocycles. The Morgan fingerprint density at radius 1 is 1.41 bits per heavy atom. The molecule has 0 radical (unpaired) electrons. The average molecular weight is 314 g/mol. The van der Waals surface area contributed by atoms with Gasteiger partial charge < -0.3 is 5.32 Å². The number of carbonyl (C=O) groups is 1. The molecular formula is C14H17F3N4O. The molecule has 2 aromatic rings. The summed E-state index contributed by atoms with van der Waals surface area (Å²) in [4.78, 5) is 15.8. The molecule has 0 aromatic carbocycles. The minimum absolute atomic E-state index is 0.0548. The number of rotatable bonds is 3. The zero-order chi connectivity index (χ0) is 16.7. The highest BCUT2D eigenvalue weighted by molar-refractivity contribution is 5.85. The number of aromatic nitrogens is 3. The first-order valence-corrected chi connectivity index (χ1v) is 6.81. The largest absolute Gasteiger partial charge is 0.417 e. The van der Waals surface area contributed by atoms with E-state index in [9.17, 15) is 18.0 Å². The molecular weight excluding hydrogens is 297 g/mol. The van der Waals surface area contributed by atoms with Crippen molar-refractivity contribution in [2.24, 2.45) is 0 Å². The van der Waals surface area contributed by atoms with Gasteiger partial charge in [0.25, 0.3) is 0 Å². The fourth-order valence-corrected chi connectivity index (χ4v) is 2.22. The van der Waals surface area contributed by atoms with Gasteiger partial charge in [-0.25, -0.2) is 9.67 Å². The molecule has 0 atom stereocenters. The molecule has 0 bridgehead atoms. The smallest absolute Gasteiger partial charge is 0.358 e. The molecule has 0 aliphatic carbocycles. The van der Waals surface area contributed by atoms with Crippen molar-refractivity contribution in [3.05, 3.63) is 23.0 Å². The first-order valence-electron chi connectivity index (χ1n) is 6.81. The van der Waals surface area contributed by atoms with Crippen LogP contribution in [-0.4, -0.2) is 27.7 Å². The molecule has 0 aliphatic rings. The number of nitrogens with zero attached hydrogens (tertiary/aromatic N) is 3. The molecule has 8 heteroatoms. The van der Waals surface area contributed by atoms with Crippen molar-refractivity contribution < 1.29 is 18.0 Å². The topological polar surface area (TPSA) is 59.8 Å². The molecule has 0 unspecified atom stereocenters. The van der Waals surface area contributed by atoms with Crippen LogP contribution in [0.1, 0.15) is 36.7 Å². The normalized spacial score (nSPS) is 12.2. The number of likely N-dealkylation sites (N-methyl/N-ethyl adjacent to an activating group) is 1. The summed E-state index contributed by atoms with van der Waals surface area (Å²) in [6, 6.07) is 1.06. The zero-order valence-electron chi connectivity index (χ0n) is 12.7. The Kier molecular flexibility index (Phi) is 4.12. The van der Waals surface area contributed by atoms with Gasteiger partial charge in [-0.1, -0.05) is 13.8 Å². The molecule has 0 fully saturated rings. The summed E-state index contributed by atoms with van der Waals surface area (Å²) in [5.74, 6) is -0.524. The summed E-state index contributed by atoms with van der Waals surface area (Å²) in [6.45, 7) is 4.84. The molecule has 2 aromatic heterocycles. The summed E-state index contributed by atoms with van der Waals surface area (Å²) in [7, 11) is 1.45. The number of aryl methyl sites for hydroxylation is 1. The molecule has 1 amide bonds. The number of halogens is 3. The van der Waals surface area contributed by atoms with Gasteiger partial charge in [0.2, 0.25) is 5.91 Å². The summed E-state index contributed by atoms with van der Waals surface area (Å²) in [5, 5.41) is 6.41. The van der Waals surface area contributed by atoms with E-state index >= 15 is 0 Å². The maximum atomic E-state index is 13.3. The monoisotopic (exact) mass is 314 g/mol. The minimum atomic E-state index is -4.50. The Hall–Kier alpha value is -2.12. The van der Waals surface area contributed by atoms with Crippen LogP contribution in [0.5, 0.6) is 0 Å². The highest BCUT2D eigenvalue weighted by atomic mass is 19.4. The van der Waals surface area contributed by atoms with E-state index in [0.717, 1.165) is 6.07 Å². The first-order chi connectivity index (χ1) is 10.1. The lowest BCUT2D eigenvalue weighted by Crippen LogP contribution is -2.24. The molecule has 1 N–H and O–H groups in total. The maximum absolute atomic E-state index is 13.3. The lowest BCUT2D eigenvalue weighted by Gasteiger charge is -2.13. The van der Waals surface area contributed by atoms with Crippen molar-refractivity contribution in [1.29, 1.82) is 0 Å². The second-order valence-corrected chi connectivity index (χ2v) is 5.36. The molecule has 0 saturated heterocycles. The Balaban J connectivity index is 2.76. The number of amides is 1. The van der Waals surface area contributed by atoms with Crippen LogP contribution in [0.3, 0.4) is 0 Å². The van der Waals surface area contributed by atoms with Crippen LogP contribution in [0.25, 0.3) is 11.0 Å². The fourth-order valence-electron chi connectivity index (χ4n) is 2.22. The van der Waals surface area contributed by atoms with Crippen molar-refractivity contribution >= 4 is 16.9 Å². The van der Waals surface area contributed by atoms with E-state index in [1.165, 1.54) is 18.7 Å². The average Bonchev–Trinajstić information content (AvgIpc) is 2.73. The van der Waals surface area contributed by atoms with E-state index in [2.05, 4.69) is 15.4 Å². The van der Waals surface area contributed by atoms with Crippen molar-refractivity contribution in [3.8, 4) is 0 Å². The first kappa shape index (κ1) is 16.3. The summed E-state index contributed by atoms with van der Waals surface area (Å²) >= 11 is 0. The molecule has 0 saturated carbocycles. The van der Waals surface area contributed by atoms with Crippen molar-refractivity contribution in [3.63, 3.8) is 0 Å². The van der Waals surface area contributed by atoms with Crippen LogP contribution in [0.4, 0.5) is 13.2 Å². The number of nitrogens with one attached hydrogen (secondary N) is 1. The van der Waals surface area contributed by atoms with Crippen LogP contribution >= 0.6 is 0 Å². The molecule has 5 nitrogen and oxygen atoms in total. The van der Waals surface area contributed by atoms with Crippen LogP contribution < -0.4 is 5.32 Å². The van der Waals surface area contributed by atoms with E-state index < -0.39 is 11.7 Å². The fraction of sp³-hybridized carbons (Fsp3) is 0.500. The Morgan fingerprint density at radius 3 is 2.55 bits per heavy atom. The Morgan fingerprint density at radius 2 is 2.05 bits per heavy atom. The molecule has 2 rings (SSSR count). The molecule has 2 heterocycles. The number of hydrogen-bond donors (Lipinski definition) is 1. The third-order valence-corrected chi connectivity index (χ3v) is 3.37. The lowest BCUT2D eigenvalue weighted by atomic mass is 10.0. The van der Waals surface area contributed by atoms with Gasteiger partial charge in [0.05, 0.1) is 16.6 Å². The number of carbonyl (C=O) groups excluding carboxylic acids is 1. The highest BCUT2D eigenvalue weighted by Crippen LogP contribution is 2.37. The van der Waals surface area contributed by atoms with Crippen molar-refractivity contribution in [2.75, 3.05) is 7.05 Å². The van der Waals surface area contributed by atoms with Crippen LogP contribution in [0, 0.1) is 6.92 Å². The number of hydrogen-bond acceptors (Lipinski definition) is 3. The van der Waals surface area contributed by atoms with E-state index in [1.54, 1.807) is 13.8 Å². The number of fused-ring (bicyclic) bond motifs is 1. The lowest BCUT2D eigenvalue weighted by molar-refractivity contribution is -0.136. The van der Waals surface area contributed by atoms with E-state index in [-0.39, 0.29) is 35.1 Å². The van der Waals surface area contributed by atoms with Gasteiger partial charge in [0.15, 0.2) is 5.65 Å². The summed E-state index contributed by atoms with van der Waals surface area (Å²) in [5.41, 5.74) is -0.159. The number of pyridine rings is 1. The van der Waals surface area contributed by atoms with E-state index in [1.807, 2.05) is 0 Å².